The minimum absolute atomic E-state index is 0.00697. The molecular formula is C14H18N5O3S+. The van der Waals surface area contributed by atoms with Crippen molar-refractivity contribution >= 4 is 21.7 Å². The second-order valence-corrected chi connectivity index (χ2v) is 6.38. The molecule has 7 N–H and O–H groups in total. The van der Waals surface area contributed by atoms with Crippen molar-refractivity contribution in [2.24, 2.45) is 11.5 Å². The number of nitrogens with one attached hydrogen (secondary N) is 3. The number of hydrazine groups is 1. The zero-order valence-electron chi connectivity index (χ0n) is 12.2. The molecule has 0 unspecified atom stereocenters. The van der Waals surface area contributed by atoms with Gasteiger partial charge in [0.1, 0.15) is 5.76 Å². The highest BCUT2D eigenvalue weighted by Gasteiger charge is 2.14. The maximum absolute atomic E-state index is 12.2. The van der Waals surface area contributed by atoms with Gasteiger partial charge in [-0.2, -0.15) is 5.10 Å². The van der Waals surface area contributed by atoms with Crippen LogP contribution in [0.2, 0.25) is 0 Å². The van der Waals surface area contributed by atoms with Gasteiger partial charge in [-0.15, -0.1) is 0 Å². The van der Waals surface area contributed by atoms with E-state index in [0.717, 1.165) is 0 Å². The van der Waals surface area contributed by atoms with E-state index in [-0.39, 0.29) is 17.4 Å². The lowest BCUT2D eigenvalue weighted by Gasteiger charge is -2.08. The first-order valence-electron chi connectivity index (χ1n) is 6.60. The van der Waals surface area contributed by atoms with Gasteiger partial charge in [-0.3, -0.25) is 16.9 Å². The molecule has 0 spiro atoms. The molecule has 0 aliphatic heterocycles. The van der Waals surface area contributed by atoms with E-state index in [1.807, 2.05) is 0 Å². The lowest BCUT2D eigenvalue weighted by molar-refractivity contribution is -0.511. The number of nitrogens with two attached hydrogens (primary N) is 2. The molecule has 0 radical (unpaired) electrons. The number of benzene rings is 1. The fraction of sp³-hybridized carbons (Fsp3) is 0.0714. The monoisotopic (exact) mass is 336 g/mol. The number of furan rings is 1. The van der Waals surface area contributed by atoms with Crippen LogP contribution in [0, 0.1) is 0 Å². The van der Waals surface area contributed by atoms with Gasteiger partial charge in [0.05, 0.1) is 23.4 Å². The van der Waals surface area contributed by atoms with Crippen LogP contribution in [0.5, 0.6) is 0 Å². The van der Waals surface area contributed by atoms with E-state index >= 15 is 0 Å². The van der Waals surface area contributed by atoms with Crippen LogP contribution in [0.25, 0.3) is 5.70 Å². The SMILES string of the molecule is C=C(N[NH+]=C(N)N)c1ccc(S(=O)(=O)NCc2ccco2)cc1. The minimum Gasteiger partial charge on any atom is -0.468 e. The molecule has 0 aliphatic carbocycles. The largest absolute Gasteiger partial charge is 0.468 e. The molecule has 9 heteroatoms. The Hall–Kier alpha value is -2.78. The smallest absolute Gasteiger partial charge is 0.360 e. The van der Waals surface area contributed by atoms with Crippen LogP contribution in [0.15, 0.2) is 58.6 Å². The zero-order chi connectivity index (χ0) is 16.9. The number of rotatable bonds is 7. The second-order valence-electron chi connectivity index (χ2n) is 4.61. The normalized spacial score (nSPS) is 11.0. The molecule has 0 amide bonds. The van der Waals surface area contributed by atoms with Gasteiger partial charge in [0, 0.05) is 5.56 Å². The first kappa shape index (κ1) is 16.6. The summed E-state index contributed by atoms with van der Waals surface area (Å²) in [7, 11) is -3.62. The Labute approximate surface area is 133 Å². The van der Waals surface area contributed by atoms with Gasteiger partial charge >= 0.3 is 5.96 Å². The number of hydrogen-bond acceptors (Lipinski definition) is 4. The Morgan fingerprint density at radius 1 is 1.22 bits per heavy atom. The number of guanidine groups is 1. The summed E-state index contributed by atoms with van der Waals surface area (Å²) in [5, 5.41) is 2.51. The van der Waals surface area contributed by atoms with Crippen LogP contribution in [0.1, 0.15) is 11.3 Å². The van der Waals surface area contributed by atoms with Gasteiger partial charge < -0.3 is 4.42 Å². The first-order chi connectivity index (χ1) is 10.9. The van der Waals surface area contributed by atoms with Crippen molar-refractivity contribution in [1.29, 1.82) is 0 Å². The third-order valence-corrected chi connectivity index (χ3v) is 4.30. The minimum atomic E-state index is -3.62. The molecule has 1 aromatic carbocycles. The van der Waals surface area contributed by atoms with Crippen LogP contribution in [-0.2, 0) is 16.6 Å². The molecule has 23 heavy (non-hydrogen) atoms. The second kappa shape index (κ2) is 6.99. The molecule has 0 fully saturated rings. The predicted octanol–water partition coefficient (Wildman–Crippen LogP) is -1.41. The van der Waals surface area contributed by atoms with Crippen molar-refractivity contribution in [3.63, 3.8) is 0 Å². The van der Waals surface area contributed by atoms with E-state index in [1.54, 1.807) is 24.3 Å². The van der Waals surface area contributed by atoms with Crippen molar-refractivity contribution in [3.05, 3.63) is 60.6 Å². The summed E-state index contributed by atoms with van der Waals surface area (Å²) in [5.74, 6) is 0.525. The molecule has 1 aromatic heterocycles. The fourth-order valence-electron chi connectivity index (χ4n) is 1.72. The highest BCUT2D eigenvalue weighted by Crippen LogP contribution is 2.14. The van der Waals surface area contributed by atoms with Crippen molar-refractivity contribution in [2.45, 2.75) is 11.4 Å². The molecule has 2 aromatic rings. The van der Waals surface area contributed by atoms with Crippen LogP contribution in [0.4, 0.5) is 0 Å². The average Bonchev–Trinajstić information content (AvgIpc) is 3.04. The molecule has 2 rings (SSSR count). The Kier molecular flexibility index (Phi) is 5.04. The van der Waals surface area contributed by atoms with Crippen LogP contribution < -0.4 is 26.7 Å². The third-order valence-electron chi connectivity index (χ3n) is 2.89. The molecule has 0 aliphatic rings. The van der Waals surface area contributed by atoms with Gasteiger partial charge in [0.25, 0.3) is 0 Å². The maximum atomic E-state index is 12.2. The molecule has 0 atom stereocenters. The quantitative estimate of drug-likeness (QED) is 0.239. The van der Waals surface area contributed by atoms with Crippen molar-refractivity contribution in [3.8, 4) is 0 Å². The standard InChI is InChI=1S/C14H17N5O3S/c1-10(18-19-14(15)16)11-4-6-13(7-5-11)23(20,21)17-9-12-3-2-8-22-12/h2-8,17-18H,1,9H2,(H4,15,16,19)/p+1. The highest BCUT2D eigenvalue weighted by atomic mass is 32.2. The number of hydrogen-bond donors (Lipinski definition) is 5. The molecule has 0 saturated carbocycles. The van der Waals surface area contributed by atoms with Crippen molar-refractivity contribution < 1.29 is 17.9 Å². The Morgan fingerprint density at radius 3 is 2.48 bits per heavy atom. The maximum Gasteiger partial charge on any atom is 0.360 e. The Bertz CT molecular complexity index is 791. The summed E-state index contributed by atoms with van der Waals surface area (Å²) >= 11 is 0. The van der Waals surface area contributed by atoms with E-state index in [1.165, 1.54) is 18.4 Å². The van der Waals surface area contributed by atoms with E-state index in [9.17, 15) is 8.42 Å². The summed E-state index contributed by atoms with van der Waals surface area (Å²) < 4.78 is 31.9. The highest BCUT2D eigenvalue weighted by molar-refractivity contribution is 7.89. The van der Waals surface area contributed by atoms with Gasteiger partial charge in [-0.05, 0) is 24.3 Å². The topological polar surface area (TPSA) is 137 Å². The van der Waals surface area contributed by atoms with E-state index in [0.29, 0.717) is 17.0 Å². The lowest BCUT2D eigenvalue weighted by atomic mass is 10.2. The third kappa shape index (κ3) is 4.59. The summed E-state index contributed by atoms with van der Waals surface area (Å²) in [6.45, 7) is 3.87. The molecule has 1 heterocycles. The Morgan fingerprint density at radius 2 is 1.91 bits per heavy atom. The number of sulfonamides is 1. The van der Waals surface area contributed by atoms with Gasteiger partial charge in [0.2, 0.25) is 10.0 Å². The number of hydrazone groups is 1. The lowest BCUT2D eigenvalue weighted by Crippen LogP contribution is -2.85. The van der Waals surface area contributed by atoms with Gasteiger partial charge in [-0.1, -0.05) is 18.7 Å². The van der Waals surface area contributed by atoms with Gasteiger partial charge in [0.15, 0.2) is 0 Å². The molecule has 122 valence electrons. The fourth-order valence-corrected chi connectivity index (χ4v) is 2.71. The summed E-state index contributed by atoms with van der Waals surface area (Å²) in [5.41, 5.74) is 14.4. The predicted molar refractivity (Wildman–Crippen MR) is 85.7 cm³/mol. The van der Waals surface area contributed by atoms with E-state index < -0.39 is 10.0 Å². The summed E-state index contributed by atoms with van der Waals surface area (Å²) in [6, 6.07) is 9.56. The molecule has 0 saturated heterocycles. The van der Waals surface area contributed by atoms with E-state index in [2.05, 4.69) is 21.8 Å². The van der Waals surface area contributed by atoms with Crippen LogP contribution >= 0.6 is 0 Å². The summed E-state index contributed by atoms with van der Waals surface area (Å²) in [4.78, 5) is 0.137. The molecule has 8 nitrogen and oxygen atoms in total. The van der Waals surface area contributed by atoms with Gasteiger partial charge in [-0.25, -0.2) is 13.1 Å². The summed E-state index contributed by atoms with van der Waals surface area (Å²) in [6.07, 6.45) is 1.48. The average molecular weight is 336 g/mol. The first-order valence-corrected chi connectivity index (χ1v) is 8.08. The van der Waals surface area contributed by atoms with Crippen LogP contribution in [-0.4, -0.2) is 14.4 Å². The molecular weight excluding hydrogens is 318 g/mol. The van der Waals surface area contributed by atoms with E-state index in [4.69, 9.17) is 15.9 Å². The van der Waals surface area contributed by atoms with Crippen molar-refractivity contribution in [1.82, 2.24) is 10.1 Å². The Balaban J connectivity index is 2.05. The van der Waals surface area contributed by atoms with Crippen LogP contribution in [0.3, 0.4) is 0 Å². The van der Waals surface area contributed by atoms with Crippen molar-refractivity contribution in [2.75, 3.05) is 0 Å². The zero-order valence-corrected chi connectivity index (χ0v) is 13.1. The molecule has 0 bridgehead atoms.